The third kappa shape index (κ3) is 9.34. The molecule has 0 N–H and O–H groups in total. The van der Waals surface area contributed by atoms with Crippen LogP contribution in [0.25, 0.3) is 0 Å². The minimum Gasteiger partial charge on any atom is -0.465 e. The Morgan fingerprint density at radius 2 is 1.30 bits per heavy atom. The van der Waals surface area contributed by atoms with Crippen LogP contribution < -0.4 is 0 Å². The molecule has 0 aliphatic carbocycles. The highest BCUT2D eigenvalue weighted by Gasteiger charge is 2.39. The molecule has 0 radical (unpaired) electrons. The fourth-order valence-electron chi connectivity index (χ4n) is 2.84. The summed E-state index contributed by atoms with van der Waals surface area (Å²) in [7, 11) is 0. The van der Waals surface area contributed by atoms with Crippen LogP contribution in [0.5, 0.6) is 0 Å². The Hall–Kier alpha value is -0.740. The van der Waals surface area contributed by atoms with Crippen LogP contribution in [0, 0.1) is 0 Å². The number of esters is 2. The predicted octanol–water partition coefficient (Wildman–Crippen LogP) is 6.17. The van der Waals surface area contributed by atoms with Crippen molar-refractivity contribution in [2.24, 2.45) is 0 Å². The van der Waals surface area contributed by atoms with E-state index in [0.717, 1.165) is 31.3 Å². The zero-order chi connectivity index (χ0) is 20.9. The van der Waals surface area contributed by atoms with Crippen molar-refractivity contribution in [2.45, 2.75) is 95.7 Å². The Morgan fingerprint density at radius 3 is 1.74 bits per heavy atom. The zero-order valence-corrected chi connectivity index (χ0v) is 19.0. The van der Waals surface area contributed by atoms with Gasteiger partial charge in [-0.3, -0.25) is 9.59 Å². The molecule has 158 valence electrons. The topological polar surface area (TPSA) is 52.6 Å². The van der Waals surface area contributed by atoms with Crippen LogP contribution in [0.1, 0.15) is 86.0 Å². The maximum atomic E-state index is 12.4. The van der Waals surface area contributed by atoms with Gasteiger partial charge in [0.2, 0.25) is 0 Å². The van der Waals surface area contributed by atoms with Crippen LogP contribution in [-0.2, 0) is 19.1 Å². The summed E-state index contributed by atoms with van der Waals surface area (Å²) < 4.78 is 10.3. The molecule has 0 saturated carbocycles. The van der Waals surface area contributed by atoms with E-state index in [1.807, 2.05) is 13.0 Å². The monoisotopic (exact) mass is 422 g/mol. The Bertz CT molecular complexity index is 493. The largest absolute Gasteiger partial charge is 0.465 e. The van der Waals surface area contributed by atoms with Gasteiger partial charge < -0.3 is 9.47 Å². The van der Waals surface area contributed by atoms with Crippen molar-refractivity contribution in [3.05, 3.63) is 11.6 Å². The molecule has 0 aromatic heterocycles. The molecule has 0 heterocycles. The molecule has 0 bridgehead atoms. The molecule has 0 aromatic carbocycles. The Kier molecular flexibility index (Phi) is 13.1. The number of carbonyl (C=O) groups is 2. The molecule has 2 atom stereocenters. The first kappa shape index (κ1) is 26.3. The summed E-state index contributed by atoms with van der Waals surface area (Å²) in [5.74, 6) is -0.779. The van der Waals surface area contributed by atoms with Crippen molar-refractivity contribution in [3.8, 4) is 0 Å². The smallest absolute Gasteiger partial charge is 0.327 e. The van der Waals surface area contributed by atoms with E-state index in [-0.39, 0.29) is 5.97 Å². The highest BCUT2D eigenvalue weighted by molar-refractivity contribution is 6.34. The average molecular weight is 423 g/mol. The quantitative estimate of drug-likeness (QED) is 0.190. The molecule has 0 spiro atoms. The van der Waals surface area contributed by atoms with Crippen molar-refractivity contribution in [2.75, 3.05) is 13.2 Å². The molecule has 4 nitrogen and oxygen atoms in total. The summed E-state index contributed by atoms with van der Waals surface area (Å²) in [4.78, 5) is 22.5. The summed E-state index contributed by atoms with van der Waals surface area (Å²) in [6, 6.07) is 0. The van der Waals surface area contributed by atoms with Crippen LogP contribution in [0.2, 0.25) is 0 Å². The fraction of sp³-hybridized carbons (Fsp3) is 0.810. The van der Waals surface area contributed by atoms with E-state index in [2.05, 4.69) is 13.8 Å². The second-order valence-electron chi connectivity index (χ2n) is 7.01. The number of ether oxygens (including phenoxy) is 2. The van der Waals surface area contributed by atoms with E-state index < -0.39 is 15.7 Å². The van der Waals surface area contributed by atoms with Gasteiger partial charge in [-0.2, -0.15) is 0 Å². The third-order valence-electron chi connectivity index (χ3n) is 4.47. The lowest BCUT2D eigenvalue weighted by Gasteiger charge is -2.26. The summed E-state index contributed by atoms with van der Waals surface area (Å²) in [6.07, 6.45) is 7.30. The summed E-state index contributed by atoms with van der Waals surface area (Å²) in [5, 5.41) is 0. The number of unbranched alkanes of at least 4 members (excludes halogenated alkanes) is 2. The van der Waals surface area contributed by atoms with Crippen molar-refractivity contribution in [3.63, 3.8) is 0 Å². The number of allylic oxidation sites excluding steroid dienone is 2. The second kappa shape index (κ2) is 13.4. The van der Waals surface area contributed by atoms with Gasteiger partial charge in [-0.25, -0.2) is 0 Å². The molecule has 0 fully saturated rings. The summed E-state index contributed by atoms with van der Waals surface area (Å²) in [6.45, 7) is 10.2. The summed E-state index contributed by atoms with van der Waals surface area (Å²) >= 11 is 13.3. The highest BCUT2D eigenvalue weighted by Crippen LogP contribution is 2.34. The van der Waals surface area contributed by atoms with Gasteiger partial charge in [0.1, 0.15) is 9.75 Å². The lowest BCUT2D eigenvalue weighted by Crippen LogP contribution is -2.35. The zero-order valence-electron chi connectivity index (χ0n) is 17.5. The molecular formula is C21H36Cl2O4. The molecule has 0 aromatic rings. The molecule has 0 saturated heterocycles. The van der Waals surface area contributed by atoms with Crippen molar-refractivity contribution >= 4 is 35.1 Å². The number of hydrogen-bond acceptors (Lipinski definition) is 4. The van der Waals surface area contributed by atoms with Gasteiger partial charge in [-0.05, 0) is 46.5 Å². The van der Waals surface area contributed by atoms with Crippen LogP contribution in [0.4, 0.5) is 0 Å². The number of alkyl halides is 2. The molecule has 27 heavy (non-hydrogen) atoms. The molecule has 2 unspecified atom stereocenters. The van der Waals surface area contributed by atoms with Crippen LogP contribution >= 0.6 is 23.2 Å². The molecule has 0 aliphatic heterocycles. The van der Waals surface area contributed by atoms with E-state index in [9.17, 15) is 9.59 Å². The van der Waals surface area contributed by atoms with E-state index in [1.54, 1.807) is 13.8 Å². The van der Waals surface area contributed by atoms with Gasteiger partial charge in [0.05, 0.1) is 13.2 Å². The highest BCUT2D eigenvalue weighted by atomic mass is 35.5. The number of rotatable bonds is 14. The molecule has 0 amide bonds. The van der Waals surface area contributed by atoms with Crippen molar-refractivity contribution in [1.29, 1.82) is 0 Å². The van der Waals surface area contributed by atoms with Gasteiger partial charge in [-0.1, -0.05) is 51.2 Å². The van der Waals surface area contributed by atoms with Crippen LogP contribution in [-0.4, -0.2) is 34.9 Å². The van der Waals surface area contributed by atoms with E-state index in [1.165, 1.54) is 0 Å². The average Bonchev–Trinajstić information content (AvgIpc) is 2.63. The standard InChI is InChI=1S/C21H36Cl2O4/c1-6-10-13-20(22,18(24)26-8-3)15-12-17(5)16-21(23,14-11-7-2)19(25)27-9-4/h12H,6-11,13-16H2,1-5H3. The third-order valence-corrected chi connectivity index (χ3v) is 5.44. The molecular weight excluding hydrogens is 387 g/mol. The SMILES string of the molecule is CCCCC(Cl)(CC=C(C)CC(Cl)(CCCC)C(=O)OCC)C(=O)OCC. The minimum atomic E-state index is -1.07. The molecule has 0 rings (SSSR count). The van der Waals surface area contributed by atoms with Crippen molar-refractivity contribution in [1.82, 2.24) is 0 Å². The van der Waals surface area contributed by atoms with Crippen molar-refractivity contribution < 1.29 is 19.1 Å². The lowest BCUT2D eigenvalue weighted by atomic mass is 9.91. The first-order valence-corrected chi connectivity index (χ1v) is 10.8. The van der Waals surface area contributed by atoms with E-state index in [0.29, 0.717) is 38.9 Å². The number of halogens is 2. The molecule has 6 heteroatoms. The Balaban J connectivity index is 5.27. The Morgan fingerprint density at radius 1 is 0.852 bits per heavy atom. The second-order valence-corrected chi connectivity index (χ2v) is 8.46. The first-order valence-electron chi connectivity index (χ1n) is 10.1. The summed E-state index contributed by atoms with van der Waals surface area (Å²) in [5.41, 5.74) is 0.917. The van der Waals surface area contributed by atoms with Crippen LogP contribution in [0.3, 0.4) is 0 Å². The number of hydrogen-bond donors (Lipinski definition) is 0. The number of carbonyl (C=O) groups excluding carboxylic acids is 2. The van der Waals surface area contributed by atoms with Gasteiger partial charge in [0.15, 0.2) is 0 Å². The van der Waals surface area contributed by atoms with Gasteiger partial charge in [0.25, 0.3) is 0 Å². The van der Waals surface area contributed by atoms with E-state index in [4.69, 9.17) is 32.7 Å². The predicted molar refractivity (Wildman–Crippen MR) is 112 cm³/mol. The van der Waals surface area contributed by atoms with Gasteiger partial charge in [-0.15, -0.1) is 23.2 Å². The van der Waals surface area contributed by atoms with Crippen LogP contribution in [0.15, 0.2) is 11.6 Å². The molecule has 0 aliphatic rings. The maximum absolute atomic E-state index is 12.4. The van der Waals surface area contributed by atoms with Gasteiger partial charge in [0, 0.05) is 0 Å². The Labute approximate surface area is 175 Å². The maximum Gasteiger partial charge on any atom is 0.327 e. The first-order chi connectivity index (χ1) is 12.7. The fourth-order valence-corrected chi connectivity index (χ4v) is 3.50. The minimum absolute atomic E-state index is 0.298. The van der Waals surface area contributed by atoms with Gasteiger partial charge >= 0.3 is 11.9 Å². The van der Waals surface area contributed by atoms with E-state index >= 15 is 0 Å². The normalized spacial score (nSPS) is 16.3. The lowest BCUT2D eigenvalue weighted by molar-refractivity contribution is -0.147.